The van der Waals surface area contributed by atoms with Gasteiger partial charge in [-0.3, -0.25) is 4.98 Å². The maximum absolute atomic E-state index is 4.72. The first-order valence-electron chi connectivity index (χ1n) is 6.95. The number of halogens is 1. The zero-order valence-corrected chi connectivity index (χ0v) is 13.0. The van der Waals surface area contributed by atoms with Gasteiger partial charge in [0.2, 0.25) is 0 Å². The van der Waals surface area contributed by atoms with Crippen molar-refractivity contribution in [2.24, 2.45) is 0 Å². The molecule has 3 rings (SSSR count). The second-order valence-corrected chi connectivity index (χ2v) is 5.83. The highest BCUT2D eigenvalue weighted by molar-refractivity contribution is 9.10. The number of hydrogen-bond acceptors (Lipinski definition) is 4. The van der Waals surface area contributed by atoms with Gasteiger partial charge in [-0.25, -0.2) is 9.97 Å². The molecule has 0 spiro atoms. The summed E-state index contributed by atoms with van der Waals surface area (Å²) in [6, 6.07) is 7.98. The Balaban J connectivity index is 1.85. The van der Waals surface area contributed by atoms with Crippen LogP contribution in [0.4, 0.5) is 5.82 Å². The molecule has 0 radical (unpaired) electrons. The van der Waals surface area contributed by atoms with Gasteiger partial charge in [-0.1, -0.05) is 6.07 Å². The summed E-state index contributed by atoms with van der Waals surface area (Å²) >= 11 is 3.50. The van der Waals surface area contributed by atoms with Crippen LogP contribution < -0.4 is 4.90 Å². The standard InChI is InChI=1S/C15H17BrN4/c1-2-20(10-12-5-3-4-8-17-12)14-9-13(16)18-15(19-14)11-6-7-11/h3-5,8-9,11H,2,6-7,10H2,1H3. The molecule has 2 aromatic heterocycles. The summed E-state index contributed by atoms with van der Waals surface area (Å²) in [5.74, 6) is 2.50. The molecular weight excluding hydrogens is 316 g/mol. The number of nitrogens with zero attached hydrogens (tertiary/aromatic N) is 4. The summed E-state index contributed by atoms with van der Waals surface area (Å²) in [6.07, 6.45) is 4.25. The Kier molecular flexibility index (Phi) is 3.96. The van der Waals surface area contributed by atoms with Crippen molar-refractivity contribution >= 4 is 21.7 Å². The average molecular weight is 333 g/mol. The van der Waals surface area contributed by atoms with Crippen molar-refractivity contribution < 1.29 is 0 Å². The third-order valence-electron chi connectivity index (χ3n) is 3.43. The minimum Gasteiger partial charge on any atom is -0.351 e. The fourth-order valence-corrected chi connectivity index (χ4v) is 2.54. The molecule has 4 nitrogen and oxygen atoms in total. The Bertz CT molecular complexity index is 584. The van der Waals surface area contributed by atoms with Crippen molar-refractivity contribution in [3.63, 3.8) is 0 Å². The topological polar surface area (TPSA) is 41.9 Å². The smallest absolute Gasteiger partial charge is 0.135 e. The molecule has 2 aromatic rings. The molecule has 1 aliphatic rings. The maximum atomic E-state index is 4.72. The molecule has 20 heavy (non-hydrogen) atoms. The Labute approximate surface area is 127 Å². The van der Waals surface area contributed by atoms with E-state index in [0.717, 1.165) is 35.0 Å². The molecule has 1 saturated carbocycles. The summed E-state index contributed by atoms with van der Waals surface area (Å²) in [5, 5.41) is 0. The normalized spacial score (nSPS) is 14.3. The van der Waals surface area contributed by atoms with E-state index in [-0.39, 0.29) is 0 Å². The molecule has 1 aliphatic carbocycles. The van der Waals surface area contributed by atoms with E-state index in [4.69, 9.17) is 4.98 Å². The largest absolute Gasteiger partial charge is 0.351 e. The molecule has 1 fully saturated rings. The van der Waals surface area contributed by atoms with Gasteiger partial charge in [0.15, 0.2) is 0 Å². The van der Waals surface area contributed by atoms with E-state index in [0.29, 0.717) is 5.92 Å². The highest BCUT2D eigenvalue weighted by Gasteiger charge is 2.27. The van der Waals surface area contributed by atoms with Crippen LogP contribution in [0.3, 0.4) is 0 Å². The van der Waals surface area contributed by atoms with Gasteiger partial charge in [0.05, 0.1) is 12.2 Å². The first-order chi connectivity index (χ1) is 9.76. The van der Waals surface area contributed by atoms with Crippen molar-refractivity contribution in [3.05, 3.63) is 46.6 Å². The second kappa shape index (κ2) is 5.87. The fraction of sp³-hybridized carbons (Fsp3) is 0.400. The molecule has 0 amide bonds. The van der Waals surface area contributed by atoms with Crippen LogP contribution in [0.1, 0.15) is 37.2 Å². The van der Waals surface area contributed by atoms with Gasteiger partial charge in [-0.05, 0) is 47.8 Å². The van der Waals surface area contributed by atoms with E-state index in [1.54, 1.807) is 0 Å². The van der Waals surface area contributed by atoms with E-state index in [1.165, 1.54) is 12.8 Å². The number of pyridine rings is 1. The molecule has 0 atom stereocenters. The predicted molar refractivity (Wildman–Crippen MR) is 82.7 cm³/mol. The van der Waals surface area contributed by atoms with E-state index in [2.05, 4.69) is 37.7 Å². The average Bonchev–Trinajstić information content (AvgIpc) is 3.30. The lowest BCUT2D eigenvalue weighted by atomic mass is 10.3. The molecule has 0 aromatic carbocycles. The molecule has 0 saturated heterocycles. The second-order valence-electron chi connectivity index (χ2n) is 5.02. The van der Waals surface area contributed by atoms with Crippen LogP contribution in [-0.4, -0.2) is 21.5 Å². The van der Waals surface area contributed by atoms with E-state index < -0.39 is 0 Å². The summed E-state index contributed by atoms with van der Waals surface area (Å²) < 4.78 is 0.865. The fourth-order valence-electron chi connectivity index (χ4n) is 2.15. The highest BCUT2D eigenvalue weighted by Crippen LogP contribution is 2.39. The van der Waals surface area contributed by atoms with Crippen molar-refractivity contribution in [3.8, 4) is 0 Å². The Hall–Kier alpha value is -1.49. The van der Waals surface area contributed by atoms with Crippen LogP contribution in [0.25, 0.3) is 0 Å². The zero-order chi connectivity index (χ0) is 13.9. The molecule has 0 aliphatic heterocycles. The summed E-state index contributed by atoms with van der Waals surface area (Å²) in [6.45, 7) is 3.80. The molecule has 0 unspecified atom stereocenters. The molecule has 0 bridgehead atoms. The number of hydrogen-bond donors (Lipinski definition) is 0. The van der Waals surface area contributed by atoms with Gasteiger partial charge in [0.25, 0.3) is 0 Å². The first-order valence-corrected chi connectivity index (χ1v) is 7.75. The van der Waals surface area contributed by atoms with E-state index >= 15 is 0 Å². The molecule has 104 valence electrons. The van der Waals surface area contributed by atoms with Crippen LogP contribution in [-0.2, 0) is 6.54 Å². The zero-order valence-electron chi connectivity index (χ0n) is 11.5. The predicted octanol–water partition coefficient (Wildman–Crippen LogP) is 3.54. The van der Waals surface area contributed by atoms with Gasteiger partial charge in [0.1, 0.15) is 16.2 Å². The van der Waals surface area contributed by atoms with Crippen LogP contribution in [0.2, 0.25) is 0 Å². The SMILES string of the molecule is CCN(Cc1ccccn1)c1cc(Br)nc(C2CC2)n1. The summed E-state index contributed by atoms with van der Waals surface area (Å²) in [7, 11) is 0. The van der Waals surface area contributed by atoms with Gasteiger partial charge in [0, 0.05) is 24.7 Å². The minimum atomic E-state index is 0.555. The van der Waals surface area contributed by atoms with Crippen LogP contribution in [0.5, 0.6) is 0 Å². The minimum absolute atomic E-state index is 0.555. The van der Waals surface area contributed by atoms with Crippen LogP contribution >= 0.6 is 15.9 Å². The Morgan fingerprint density at radius 1 is 1.30 bits per heavy atom. The molecular formula is C15H17BrN4. The third-order valence-corrected chi connectivity index (χ3v) is 3.83. The van der Waals surface area contributed by atoms with Crippen molar-refractivity contribution in [1.29, 1.82) is 0 Å². The molecule has 5 heteroatoms. The van der Waals surface area contributed by atoms with Gasteiger partial charge < -0.3 is 4.90 Å². The lowest BCUT2D eigenvalue weighted by molar-refractivity contribution is 0.776. The Morgan fingerprint density at radius 3 is 2.80 bits per heavy atom. The molecule has 0 N–H and O–H groups in total. The van der Waals surface area contributed by atoms with Crippen molar-refractivity contribution in [2.45, 2.75) is 32.2 Å². The van der Waals surface area contributed by atoms with E-state index in [9.17, 15) is 0 Å². The summed E-state index contributed by atoms with van der Waals surface area (Å²) in [5.41, 5.74) is 1.05. The first kappa shape index (κ1) is 13.5. The highest BCUT2D eigenvalue weighted by atomic mass is 79.9. The number of rotatable bonds is 5. The quantitative estimate of drug-likeness (QED) is 0.785. The van der Waals surface area contributed by atoms with Gasteiger partial charge in [-0.2, -0.15) is 0 Å². The maximum Gasteiger partial charge on any atom is 0.135 e. The number of aromatic nitrogens is 3. The monoisotopic (exact) mass is 332 g/mol. The van der Waals surface area contributed by atoms with Gasteiger partial charge in [-0.15, -0.1) is 0 Å². The van der Waals surface area contributed by atoms with E-state index in [1.807, 2.05) is 30.5 Å². The van der Waals surface area contributed by atoms with Crippen LogP contribution in [0, 0.1) is 0 Å². The lowest BCUT2D eigenvalue weighted by Gasteiger charge is -2.22. The van der Waals surface area contributed by atoms with Crippen molar-refractivity contribution in [1.82, 2.24) is 15.0 Å². The van der Waals surface area contributed by atoms with Crippen LogP contribution in [0.15, 0.2) is 35.1 Å². The van der Waals surface area contributed by atoms with Crippen molar-refractivity contribution in [2.75, 3.05) is 11.4 Å². The number of anilines is 1. The lowest BCUT2D eigenvalue weighted by Crippen LogP contribution is -2.24. The summed E-state index contributed by atoms with van der Waals surface area (Å²) in [4.78, 5) is 15.8. The van der Waals surface area contributed by atoms with Gasteiger partial charge >= 0.3 is 0 Å². The third kappa shape index (κ3) is 3.15. The molecule has 2 heterocycles. The Morgan fingerprint density at radius 2 is 2.15 bits per heavy atom.